The Morgan fingerprint density at radius 2 is 1.65 bits per heavy atom. The molecule has 1 aliphatic carbocycles. The van der Waals surface area contributed by atoms with E-state index in [9.17, 15) is 19.2 Å². The second-order valence-corrected chi connectivity index (χ2v) is 10.8. The molecular formula is C31H32N6O6. The lowest BCUT2D eigenvalue weighted by molar-refractivity contribution is 0.0789. The van der Waals surface area contributed by atoms with E-state index in [1.54, 1.807) is 37.8 Å². The molecule has 2 atom stereocenters. The lowest BCUT2D eigenvalue weighted by atomic mass is 10.1. The van der Waals surface area contributed by atoms with Crippen molar-refractivity contribution in [2.24, 2.45) is 13.0 Å². The summed E-state index contributed by atoms with van der Waals surface area (Å²) in [6.45, 7) is 2.70. The summed E-state index contributed by atoms with van der Waals surface area (Å²) in [5.74, 6) is 1.59. The Morgan fingerprint density at radius 3 is 2.40 bits per heavy atom. The fraction of sp³-hybridized carbons (Fsp3) is 0.290. The quantitative estimate of drug-likeness (QED) is 0.206. The average molecular weight is 585 g/mol. The first-order valence-corrected chi connectivity index (χ1v) is 14.1. The molecule has 5 heterocycles. The number of nitrogens with zero attached hydrogens (tertiary/aromatic N) is 1. The van der Waals surface area contributed by atoms with Crippen molar-refractivity contribution in [1.29, 1.82) is 0 Å². The molecule has 222 valence electrons. The van der Waals surface area contributed by atoms with E-state index < -0.39 is 0 Å². The monoisotopic (exact) mass is 584 g/mol. The number of carbonyl (C=O) groups excluding carboxylic acids is 2. The van der Waals surface area contributed by atoms with Crippen molar-refractivity contribution in [2.75, 3.05) is 13.2 Å². The number of rotatable bonds is 6. The average Bonchev–Trinajstić information content (AvgIpc) is 3.53. The van der Waals surface area contributed by atoms with Crippen LogP contribution in [-0.4, -0.2) is 56.6 Å². The summed E-state index contributed by atoms with van der Waals surface area (Å²) in [4.78, 5) is 56.6. The molecule has 1 fully saturated rings. The van der Waals surface area contributed by atoms with Gasteiger partial charge in [-0.1, -0.05) is 12.1 Å². The standard InChI is InChI=1S/C18H17N3O4.C13H15N3O2/c1-21-9-13(12-6-7-19-16(12)18(21)23)17(22)20-8-11-10-24-14-4-2-3-5-15(14)25-11;1-7(8-2-3-8)16-12(17)10-6-15-13(18)11-9(10)4-5-14-11/h2-7,9,11,19H,8,10H2,1H3,(H,20,22);4-8,14H,2-3H2,1H3,(H,15,18)(H,16,17). The molecule has 5 aromatic rings. The molecule has 0 spiro atoms. The number of aromatic nitrogens is 4. The summed E-state index contributed by atoms with van der Waals surface area (Å²) in [5, 5.41) is 7.11. The third kappa shape index (κ3) is 5.76. The van der Waals surface area contributed by atoms with Gasteiger partial charge in [-0.05, 0) is 49.9 Å². The number of para-hydroxylation sites is 2. The van der Waals surface area contributed by atoms with Gasteiger partial charge in [0.15, 0.2) is 11.5 Å². The van der Waals surface area contributed by atoms with Gasteiger partial charge in [0.2, 0.25) is 0 Å². The molecule has 2 aliphatic rings. The van der Waals surface area contributed by atoms with Crippen LogP contribution in [0.15, 0.2) is 70.8 Å². The molecule has 1 aromatic carbocycles. The Labute approximate surface area is 245 Å². The Balaban J connectivity index is 0.000000162. The van der Waals surface area contributed by atoms with Crippen LogP contribution in [0.4, 0.5) is 0 Å². The number of benzene rings is 1. The van der Waals surface area contributed by atoms with Gasteiger partial charge < -0.3 is 39.6 Å². The topological polar surface area (TPSA) is 163 Å². The van der Waals surface area contributed by atoms with Crippen LogP contribution in [0.2, 0.25) is 0 Å². The summed E-state index contributed by atoms with van der Waals surface area (Å²) in [5.41, 5.74) is 1.44. The van der Waals surface area contributed by atoms with E-state index in [2.05, 4.69) is 25.6 Å². The number of carbonyl (C=O) groups is 2. The van der Waals surface area contributed by atoms with Crippen molar-refractivity contribution in [1.82, 2.24) is 30.2 Å². The van der Waals surface area contributed by atoms with E-state index in [4.69, 9.17) is 9.47 Å². The number of aromatic amines is 3. The van der Waals surface area contributed by atoms with E-state index in [1.807, 2.05) is 31.2 Å². The van der Waals surface area contributed by atoms with E-state index in [-0.39, 0.29) is 35.1 Å². The third-order valence-electron chi connectivity index (χ3n) is 7.74. The highest BCUT2D eigenvalue weighted by molar-refractivity contribution is 6.06. The van der Waals surface area contributed by atoms with Gasteiger partial charge >= 0.3 is 0 Å². The Kier molecular flexibility index (Phi) is 7.49. The first-order chi connectivity index (χ1) is 20.8. The number of aryl methyl sites for hydroxylation is 1. The van der Waals surface area contributed by atoms with Crippen molar-refractivity contribution in [3.8, 4) is 11.5 Å². The predicted molar refractivity (Wildman–Crippen MR) is 161 cm³/mol. The number of H-pyrrole nitrogens is 3. The van der Waals surface area contributed by atoms with Gasteiger partial charge in [-0.2, -0.15) is 0 Å². The third-order valence-corrected chi connectivity index (χ3v) is 7.74. The molecule has 1 aliphatic heterocycles. The SMILES string of the molecule is CC(NC(=O)c1c[nH]c(=O)c2[nH]ccc12)C1CC1.Cn1cc(C(=O)NCC2COc3ccccc3O2)c2cc[nH]c2c1=O. The van der Waals surface area contributed by atoms with Crippen LogP contribution < -0.4 is 31.2 Å². The van der Waals surface area contributed by atoms with Crippen LogP contribution in [0, 0.1) is 5.92 Å². The molecule has 5 N–H and O–H groups in total. The molecule has 2 unspecified atom stereocenters. The number of amides is 2. The van der Waals surface area contributed by atoms with Crippen LogP contribution in [0.1, 0.15) is 40.5 Å². The van der Waals surface area contributed by atoms with Gasteiger partial charge in [-0.3, -0.25) is 19.2 Å². The minimum Gasteiger partial charge on any atom is -0.486 e. The molecule has 0 bridgehead atoms. The Morgan fingerprint density at radius 1 is 0.953 bits per heavy atom. The molecule has 12 heteroatoms. The van der Waals surface area contributed by atoms with Gasteiger partial charge in [-0.15, -0.1) is 0 Å². The number of ether oxygens (including phenoxy) is 2. The van der Waals surface area contributed by atoms with Gasteiger partial charge in [-0.25, -0.2) is 0 Å². The summed E-state index contributed by atoms with van der Waals surface area (Å²) in [7, 11) is 1.62. The lowest BCUT2D eigenvalue weighted by Crippen LogP contribution is -2.41. The number of fused-ring (bicyclic) bond motifs is 3. The number of hydrogen-bond acceptors (Lipinski definition) is 6. The fourth-order valence-electron chi connectivity index (χ4n) is 5.17. The molecule has 1 saturated carbocycles. The summed E-state index contributed by atoms with van der Waals surface area (Å²) < 4.78 is 12.9. The van der Waals surface area contributed by atoms with Gasteiger partial charge in [0.1, 0.15) is 23.7 Å². The minimum absolute atomic E-state index is 0.129. The van der Waals surface area contributed by atoms with Gasteiger partial charge in [0.05, 0.1) is 17.7 Å². The minimum atomic E-state index is -0.270. The predicted octanol–water partition coefficient (Wildman–Crippen LogP) is 2.82. The molecule has 0 radical (unpaired) electrons. The largest absolute Gasteiger partial charge is 0.486 e. The van der Waals surface area contributed by atoms with Crippen LogP contribution >= 0.6 is 0 Å². The first kappa shape index (κ1) is 27.9. The summed E-state index contributed by atoms with van der Waals surface area (Å²) >= 11 is 0. The Hall–Kier alpha value is -5.26. The normalized spacial score (nSPS) is 16.3. The smallest absolute Gasteiger partial charge is 0.274 e. The summed E-state index contributed by atoms with van der Waals surface area (Å²) in [6, 6.07) is 11.1. The summed E-state index contributed by atoms with van der Waals surface area (Å²) in [6.07, 6.45) is 8.44. The van der Waals surface area contributed by atoms with E-state index in [1.165, 1.54) is 23.6 Å². The number of nitrogens with one attached hydrogen (secondary N) is 5. The van der Waals surface area contributed by atoms with Crippen LogP contribution in [0.25, 0.3) is 21.8 Å². The zero-order valence-corrected chi connectivity index (χ0v) is 23.7. The highest BCUT2D eigenvalue weighted by Gasteiger charge is 2.29. The van der Waals surface area contributed by atoms with Crippen molar-refractivity contribution in [3.05, 3.63) is 93.0 Å². The van der Waals surface area contributed by atoms with Crippen LogP contribution in [-0.2, 0) is 7.05 Å². The molecule has 4 aromatic heterocycles. The highest BCUT2D eigenvalue weighted by Crippen LogP contribution is 2.32. The van der Waals surface area contributed by atoms with Crippen molar-refractivity contribution < 1.29 is 19.1 Å². The molecule has 12 nitrogen and oxygen atoms in total. The fourth-order valence-corrected chi connectivity index (χ4v) is 5.17. The second kappa shape index (κ2) is 11.6. The zero-order valence-electron chi connectivity index (χ0n) is 23.7. The maximum atomic E-state index is 12.6. The van der Waals surface area contributed by atoms with Gasteiger partial charge in [0.25, 0.3) is 22.9 Å². The Bertz CT molecular complexity index is 1930. The van der Waals surface area contributed by atoms with Crippen molar-refractivity contribution in [2.45, 2.75) is 31.9 Å². The van der Waals surface area contributed by atoms with Gasteiger partial charge in [0, 0.05) is 48.6 Å². The van der Waals surface area contributed by atoms with Crippen LogP contribution in [0.3, 0.4) is 0 Å². The molecule has 2 amide bonds. The second-order valence-electron chi connectivity index (χ2n) is 10.8. The van der Waals surface area contributed by atoms with E-state index in [0.29, 0.717) is 63.5 Å². The first-order valence-electron chi connectivity index (χ1n) is 14.1. The van der Waals surface area contributed by atoms with Crippen LogP contribution in [0.5, 0.6) is 11.5 Å². The molecular weight excluding hydrogens is 552 g/mol. The number of pyridine rings is 2. The highest BCUT2D eigenvalue weighted by atomic mass is 16.6. The molecule has 7 rings (SSSR count). The maximum Gasteiger partial charge on any atom is 0.274 e. The number of hydrogen-bond donors (Lipinski definition) is 5. The molecule has 0 saturated heterocycles. The zero-order chi connectivity index (χ0) is 30.1. The lowest BCUT2D eigenvalue weighted by Gasteiger charge is -2.26. The van der Waals surface area contributed by atoms with Crippen molar-refractivity contribution in [3.63, 3.8) is 0 Å². The van der Waals surface area contributed by atoms with E-state index in [0.717, 1.165) is 0 Å². The molecule has 43 heavy (non-hydrogen) atoms. The van der Waals surface area contributed by atoms with Crippen molar-refractivity contribution >= 4 is 33.6 Å². The maximum absolute atomic E-state index is 12.6. The van der Waals surface area contributed by atoms with E-state index >= 15 is 0 Å².